The van der Waals surface area contributed by atoms with E-state index in [2.05, 4.69) is 24.7 Å². The van der Waals surface area contributed by atoms with Gasteiger partial charge in [-0.3, -0.25) is 0 Å². The second kappa shape index (κ2) is 3.81. The maximum Gasteiger partial charge on any atom is 0.0124 e. The molecule has 0 fully saturated rings. The van der Waals surface area contributed by atoms with Crippen molar-refractivity contribution in [1.29, 1.82) is 0 Å². The predicted octanol–water partition coefficient (Wildman–Crippen LogP) is 2.70. The van der Waals surface area contributed by atoms with Crippen LogP contribution in [0, 0.1) is 6.92 Å². The molecule has 0 aromatic carbocycles. The van der Waals surface area contributed by atoms with Gasteiger partial charge in [-0.05, 0) is 49.7 Å². The van der Waals surface area contributed by atoms with Crippen LogP contribution in [0.4, 0.5) is 0 Å². The lowest BCUT2D eigenvalue weighted by atomic mass is 9.88. The molecule has 1 heterocycles. The highest BCUT2D eigenvalue weighted by molar-refractivity contribution is 7.10. The first-order valence-electron chi connectivity index (χ1n) is 5.04. The Hall–Kier alpha value is -0.340. The molecule has 0 aliphatic heterocycles. The van der Waals surface area contributed by atoms with E-state index in [0.29, 0.717) is 0 Å². The Kier molecular flexibility index (Phi) is 2.70. The van der Waals surface area contributed by atoms with Gasteiger partial charge >= 0.3 is 0 Å². The summed E-state index contributed by atoms with van der Waals surface area (Å²) in [7, 11) is 2.05. The van der Waals surface area contributed by atoms with Crippen molar-refractivity contribution in [3.8, 4) is 0 Å². The molecular weight excluding hydrogens is 178 g/mol. The summed E-state index contributed by atoms with van der Waals surface area (Å²) in [5, 5.41) is 5.61. The monoisotopic (exact) mass is 195 g/mol. The minimum Gasteiger partial charge on any atom is -0.319 e. The highest BCUT2D eigenvalue weighted by Gasteiger charge is 2.22. The number of thiophene rings is 1. The van der Waals surface area contributed by atoms with E-state index < -0.39 is 0 Å². The summed E-state index contributed by atoms with van der Waals surface area (Å²) < 4.78 is 0. The smallest absolute Gasteiger partial charge is 0.0124 e. The van der Waals surface area contributed by atoms with Gasteiger partial charge in [0.05, 0.1) is 0 Å². The van der Waals surface area contributed by atoms with Crippen molar-refractivity contribution in [3.63, 3.8) is 0 Å². The standard InChI is InChI=1S/C11H17NS/c1-8-7-13-11-9(6-12-2)4-3-5-10(8)11/h7,9,12H,3-6H2,1-2H3. The maximum absolute atomic E-state index is 3.29. The summed E-state index contributed by atoms with van der Waals surface area (Å²) in [6.45, 7) is 3.39. The summed E-state index contributed by atoms with van der Waals surface area (Å²) >= 11 is 1.96. The minimum absolute atomic E-state index is 0.785. The second-order valence-electron chi connectivity index (χ2n) is 3.91. The van der Waals surface area contributed by atoms with Crippen molar-refractivity contribution >= 4 is 11.3 Å². The fourth-order valence-corrected chi connectivity index (χ4v) is 3.49. The minimum atomic E-state index is 0.785. The first-order chi connectivity index (χ1) is 6.33. The number of hydrogen-bond donors (Lipinski definition) is 1. The van der Waals surface area contributed by atoms with Gasteiger partial charge in [-0.25, -0.2) is 0 Å². The predicted molar refractivity (Wildman–Crippen MR) is 58.7 cm³/mol. The molecule has 1 aromatic heterocycles. The van der Waals surface area contributed by atoms with E-state index >= 15 is 0 Å². The Labute approximate surface area is 84.2 Å². The molecule has 0 saturated heterocycles. The molecule has 72 valence electrons. The van der Waals surface area contributed by atoms with Gasteiger partial charge < -0.3 is 5.32 Å². The number of nitrogens with one attached hydrogen (secondary N) is 1. The average molecular weight is 195 g/mol. The van der Waals surface area contributed by atoms with Crippen molar-refractivity contribution < 1.29 is 0 Å². The molecule has 1 N–H and O–H groups in total. The van der Waals surface area contributed by atoms with Crippen molar-refractivity contribution in [1.82, 2.24) is 5.32 Å². The SMILES string of the molecule is CNCC1CCCc2c(C)csc21. The van der Waals surface area contributed by atoms with E-state index in [1.807, 2.05) is 11.3 Å². The van der Waals surface area contributed by atoms with Crippen LogP contribution in [0.3, 0.4) is 0 Å². The van der Waals surface area contributed by atoms with Gasteiger partial charge in [-0.1, -0.05) is 0 Å². The lowest BCUT2D eigenvalue weighted by Crippen LogP contribution is -2.20. The zero-order valence-electron chi connectivity index (χ0n) is 8.39. The molecule has 13 heavy (non-hydrogen) atoms. The Bertz CT molecular complexity index is 290. The van der Waals surface area contributed by atoms with E-state index in [1.165, 1.54) is 24.8 Å². The van der Waals surface area contributed by atoms with E-state index in [-0.39, 0.29) is 0 Å². The molecule has 0 amide bonds. The Balaban J connectivity index is 2.27. The van der Waals surface area contributed by atoms with Gasteiger partial charge in [0, 0.05) is 17.3 Å². The summed E-state index contributed by atoms with van der Waals surface area (Å²) in [5.41, 5.74) is 3.16. The Morgan fingerprint density at radius 1 is 1.62 bits per heavy atom. The van der Waals surface area contributed by atoms with Gasteiger partial charge in [0.1, 0.15) is 0 Å². The first kappa shape index (κ1) is 9.22. The van der Waals surface area contributed by atoms with Crippen LogP contribution in [0.1, 0.15) is 34.8 Å². The molecular formula is C11H17NS. The number of likely N-dealkylation sites (N-methyl/N-ethyl adjacent to an activating group) is 1. The molecule has 1 aromatic rings. The molecule has 1 aliphatic carbocycles. The summed E-state index contributed by atoms with van der Waals surface area (Å²) in [4.78, 5) is 1.65. The van der Waals surface area contributed by atoms with Crippen LogP contribution in [0.5, 0.6) is 0 Å². The van der Waals surface area contributed by atoms with Crippen LogP contribution in [0.25, 0.3) is 0 Å². The third-order valence-corrected chi connectivity index (χ3v) is 4.24. The number of hydrogen-bond acceptors (Lipinski definition) is 2. The molecule has 0 saturated carbocycles. The van der Waals surface area contributed by atoms with Crippen LogP contribution in [0.15, 0.2) is 5.38 Å². The van der Waals surface area contributed by atoms with E-state index in [0.717, 1.165) is 12.5 Å². The fraction of sp³-hybridized carbons (Fsp3) is 0.636. The molecule has 0 radical (unpaired) electrons. The number of rotatable bonds is 2. The van der Waals surface area contributed by atoms with Crippen LogP contribution in [-0.4, -0.2) is 13.6 Å². The van der Waals surface area contributed by atoms with Gasteiger partial charge in [-0.2, -0.15) is 0 Å². The van der Waals surface area contributed by atoms with Crippen LogP contribution in [0.2, 0.25) is 0 Å². The summed E-state index contributed by atoms with van der Waals surface area (Å²) in [6.07, 6.45) is 4.05. The maximum atomic E-state index is 3.29. The lowest BCUT2D eigenvalue weighted by molar-refractivity contribution is 0.537. The van der Waals surface area contributed by atoms with Crippen molar-refractivity contribution in [2.45, 2.75) is 32.1 Å². The van der Waals surface area contributed by atoms with E-state index in [4.69, 9.17) is 0 Å². The van der Waals surface area contributed by atoms with Crippen molar-refractivity contribution in [3.05, 3.63) is 21.4 Å². The van der Waals surface area contributed by atoms with E-state index in [1.54, 1.807) is 10.4 Å². The van der Waals surface area contributed by atoms with Gasteiger partial charge in [0.15, 0.2) is 0 Å². The normalized spacial score (nSPS) is 21.5. The lowest BCUT2D eigenvalue weighted by Gasteiger charge is -2.22. The molecule has 0 spiro atoms. The van der Waals surface area contributed by atoms with Crippen LogP contribution < -0.4 is 5.32 Å². The van der Waals surface area contributed by atoms with E-state index in [9.17, 15) is 0 Å². The third-order valence-electron chi connectivity index (χ3n) is 2.94. The third kappa shape index (κ3) is 1.65. The molecule has 1 unspecified atom stereocenters. The van der Waals surface area contributed by atoms with Crippen molar-refractivity contribution in [2.24, 2.45) is 0 Å². The highest BCUT2D eigenvalue weighted by atomic mass is 32.1. The van der Waals surface area contributed by atoms with Crippen molar-refractivity contribution in [2.75, 3.05) is 13.6 Å². The fourth-order valence-electron chi connectivity index (χ4n) is 2.25. The molecule has 0 bridgehead atoms. The quantitative estimate of drug-likeness (QED) is 0.765. The Morgan fingerprint density at radius 3 is 3.23 bits per heavy atom. The van der Waals surface area contributed by atoms with Crippen LogP contribution in [-0.2, 0) is 6.42 Å². The number of fused-ring (bicyclic) bond motifs is 1. The second-order valence-corrected chi connectivity index (χ2v) is 4.82. The average Bonchev–Trinajstić information content (AvgIpc) is 2.50. The molecule has 2 heteroatoms. The molecule has 1 aliphatic rings. The zero-order chi connectivity index (χ0) is 9.26. The van der Waals surface area contributed by atoms with Crippen LogP contribution >= 0.6 is 11.3 Å². The summed E-state index contributed by atoms with van der Waals surface area (Å²) in [5.74, 6) is 0.785. The van der Waals surface area contributed by atoms with Gasteiger partial charge in [-0.15, -0.1) is 11.3 Å². The summed E-state index contributed by atoms with van der Waals surface area (Å²) in [6, 6.07) is 0. The topological polar surface area (TPSA) is 12.0 Å². The Morgan fingerprint density at radius 2 is 2.46 bits per heavy atom. The largest absolute Gasteiger partial charge is 0.319 e. The first-order valence-corrected chi connectivity index (χ1v) is 5.92. The highest BCUT2D eigenvalue weighted by Crippen LogP contribution is 2.37. The van der Waals surface area contributed by atoms with Gasteiger partial charge in [0.25, 0.3) is 0 Å². The van der Waals surface area contributed by atoms with Gasteiger partial charge in [0.2, 0.25) is 0 Å². The molecule has 2 rings (SSSR count). The number of aryl methyl sites for hydroxylation is 1. The molecule has 1 atom stereocenters. The molecule has 1 nitrogen and oxygen atoms in total. The zero-order valence-corrected chi connectivity index (χ0v) is 9.21.